The van der Waals surface area contributed by atoms with Crippen LogP contribution in [0.2, 0.25) is 0 Å². The molecule has 1 fully saturated rings. The number of oxime groups is 1. The molecule has 1 heterocycles. The van der Waals surface area contributed by atoms with Crippen molar-refractivity contribution in [1.29, 1.82) is 0 Å². The van der Waals surface area contributed by atoms with Gasteiger partial charge in [0.25, 0.3) is 0 Å². The summed E-state index contributed by atoms with van der Waals surface area (Å²) in [5, 5.41) is 12.8. The molecule has 1 aromatic rings. The molecule has 15 heavy (non-hydrogen) atoms. The van der Waals surface area contributed by atoms with E-state index in [-0.39, 0.29) is 11.4 Å². The van der Waals surface area contributed by atoms with Gasteiger partial charge in [-0.1, -0.05) is 29.9 Å². The van der Waals surface area contributed by atoms with Gasteiger partial charge in [0.2, 0.25) is 0 Å². The lowest BCUT2D eigenvalue weighted by Crippen LogP contribution is -2.34. The molecule has 1 amide bonds. The average molecular weight is 203 g/mol. The van der Waals surface area contributed by atoms with Crippen molar-refractivity contribution < 1.29 is 10.0 Å². The Morgan fingerprint density at radius 1 is 1.33 bits per heavy atom. The minimum atomic E-state index is -0.422. The van der Waals surface area contributed by atoms with Gasteiger partial charge < -0.3 is 5.21 Å². The summed E-state index contributed by atoms with van der Waals surface area (Å²) in [4.78, 5) is 11.7. The summed E-state index contributed by atoms with van der Waals surface area (Å²) in [6.45, 7) is 3.57. The first-order chi connectivity index (χ1) is 7.24. The van der Waals surface area contributed by atoms with Gasteiger partial charge in [0.1, 0.15) is 0 Å². The maximum Gasteiger partial charge on any atom is 0.301 e. The van der Waals surface area contributed by atoms with Crippen molar-refractivity contribution in [2.45, 2.75) is 0 Å². The first-order valence-corrected chi connectivity index (χ1v) is 4.31. The van der Waals surface area contributed by atoms with Gasteiger partial charge in [-0.2, -0.15) is 0 Å². The van der Waals surface area contributed by atoms with Crippen LogP contribution in [-0.4, -0.2) is 16.8 Å². The molecule has 0 aromatic heterocycles. The standard InChI is InChI=1S/C10H9N3O2/c1-7-9(12-15)10(14)13(11-7)8-5-3-2-4-6-8/h2-6,11,15H,1H2. The van der Waals surface area contributed by atoms with Crippen LogP contribution in [0.3, 0.4) is 0 Å². The Balaban J connectivity index is 2.36. The number of benzene rings is 1. The van der Waals surface area contributed by atoms with Crippen molar-refractivity contribution in [1.82, 2.24) is 5.43 Å². The van der Waals surface area contributed by atoms with Crippen LogP contribution in [0.4, 0.5) is 5.69 Å². The predicted molar refractivity (Wildman–Crippen MR) is 55.4 cm³/mol. The number of rotatable bonds is 1. The monoisotopic (exact) mass is 203 g/mol. The Morgan fingerprint density at radius 3 is 2.53 bits per heavy atom. The molecule has 1 aliphatic rings. The Labute approximate surface area is 86.3 Å². The summed E-state index contributed by atoms with van der Waals surface area (Å²) in [5.74, 6) is -0.422. The third-order valence-corrected chi connectivity index (χ3v) is 2.05. The summed E-state index contributed by atoms with van der Waals surface area (Å²) in [7, 11) is 0. The number of hydrogen-bond acceptors (Lipinski definition) is 4. The van der Waals surface area contributed by atoms with Crippen LogP contribution in [-0.2, 0) is 4.79 Å². The van der Waals surface area contributed by atoms with Crippen LogP contribution in [0.15, 0.2) is 47.8 Å². The molecule has 0 saturated carbocycles. The van der Waals surface area contributed by atoms with Crippen LogP contribution < -0.4 is 10.4 Å². The Morgan fingerprint density at radius 2 is 2.00 bits per heavy atom. The first kappa shape index (κ1) is 9.26. The molecule has 0 atom stereocenters. The van der Waals surface area contributed by atoms with E-state index in [0.29, 0.717) is 5.69 Å². The molecule has 1 saturated heterocycles. The second kappa shape index (κ2) is 3.45. The molecule has 2 N–H and O–H groups in total. The van der Waals surface area contributed by atoms with Crippen molar-refractivity contribution in [3.8, 4) is 0 Å². The molecule has 2 rings (SSSR count). The highest BCUT2D eigenvalue weighted by Gasteiger charge is 2.32. The number of hydrazine groups is 1. The summed E-state index contributed by atoms with van der Waals surface area (Å²) in [6.07, 6.45) is 0. The lowest BCUT2D eigenvalue weighted by molar-refractivity contribution is -0.112. The van der Waals surface area contributed by atoms with Crippen molar-refractivity contribution in [3.63, 3.8) is 0 Å². The minimum absolute atomic E-state index is 0.0705. The fraction of sp³-hybridized carbons (Fsp3) is 0. The number of anilines is 1. The Kier molecular flexibility index (Phi) is 2.13. The highest BCUT2D eigenvalue weighted by molar-refractivity contribution is 6.51. The molecule has 0 spiro atoms. The van der Waals surface area contributed by atoms with Crippen molar-refractivity contribution >= 4 is 17.3 Å². The van der Waals surface area contributed by atoms with Crippen LogP contribution in [0.5, 0.6) is 0 Å². The molecule has 0 aliphatic carbocycles. The van der Waals surface area contributed by atoms with Crippen LogP contribution in [0.25, 0.3) is 0 Å². The molecule has 0 bridgehead atoms. The lowest BCUT2D eigenvalue weighted by Gasteiger charge is -2.14. The normalized spacial score (nSPS) is 18.4. The number of nitrogens with zero attached hydrogens (tertiary/aromatic N) is 2. The molecular weight excluding hydrogens is 194 g/mol. The quantitative estimate of drug-likeness (QED) is 0.526. The molecule has 5 heteroatoms. The third-order valence-electron chi connectivity index (χ3n) is 2.05. The van der Waals surface area contributed by atoms with Gasteiger partial charge in [0, 0.05) is 0 Å². The van der Waals surface area contributed by atoms with E-state index in [1.165, 1.54) is 5.01 Å². The van der Waals surface area contributed by atoms with E-state index in [1.54, 1.807) is 24.3 Å². The van der Waals surface area contributed by atoms with Gasteiger partial charge in [0.15, 0.2) is 5.71 Å². The summed E-state index contributed by atoms with van der Waals surface area (Å²) >= 11 is 0. The average Bonchev–Trinajstić information content (AvgIpc) is 2.55. The van der Waals surface area contributed by atoms with Crippen molar-refractivity contribution in [2.75, 3.05) is 5.01 Å². The van der Waals surface area contributed by atoms with Gasteiger partial charge >= 0.3 is 5.91 Å². The van der Waals surface area contributed by atoms with Gasteiger partial charge in [-0.3, -0.25) is 10.2 Å². The predicted octanol–water partition coefficient (Wildman–Crippen LogP) is 0.882. The maximum absolute atomic E-state index is 11.7. The van der Waals surface area contributed by atoms with Gasteiger partial charge in [-0.25, -0.2) is 5.01 Å². The largest absolute Gasteiger partial charge is 0.410 e. The van der Waals surface area contributed by atoms with E-state index in [1.807, 2.05) is 6.07 Å². The number of hydrogen-bond donors (Lipinski definition) is 2. The zero-order valence-corrected chi connectivity index (χ0v) is 7.84. The number of nitrogens with one attached hydrogen (secondary N) is 1. The van der Waals surface area contributed by atoms with E-state index in [9.17, 15) is 4.79 Å². The van der Waals surface area contributed by atoms with E-state index in [2.05, 4.69) is 17.2 Å². The van der Waals surface area contributed by atoms with E-state index in [4.69, 9.17) is 5.21 Å². The summed E-state index contributed by atoms with van der Waals surface area (Å²) in [5.41, 5.74) is 3.60. The molecule has 1 aromatic carbocycles. The molecular formula is C10H9N3O2. The van der Waals surface area contributed by atoms with E-state index < -0.39 is 5.91 Å². The number of amides is 1. The minimum Gasteiger partial charge on any atom is -0.410 e. The number of carbonyl (C=O) groups is 1. The first-order valence-electron chi connectivity index (χ1n) is 4.31. The zero-order chi connectivity index (χ0) is 10.8. The summed E-state index contributed by atoms with van der Waals surface area (Å²) < 4.78 is 0. The van der Waals surface area contributed by atoms with Gasteiger partial charge in [0.05, 0.1) is 11.4 Å². The SMILES string of the molecule is C=C1NN(c2ccccc2)C(=O)C1=NO. The van der Waals surface area contributed by atoms with E-state index >= 15 is 0 Å². The second-order valence-corrected chi connectivity index (χ2v) is 3.02. The molecule has 5 nitrogen and oxygen atoms in total. The fourth-order valence-corrected chi connectivity index (χ4v) is 1.34. The number of para-hydroxylation sites is 1. The zero-order valence-electron chi connectivity index (χ0n) is 7.84. The van der Waals surface area contributed by atoms with E-state index in [0.717, 1.165) is 0 Å². The molecule has 0 unspecified atom stereocenters. The van der Waals surface area contributed by atoms with Crippen LogP contribution in [0.1, 0.15) is 0 Å². The highest BCUT2D eigenvalue weighted by Crippen LogP contribution is 2.17. The topological polar surface area (TPSA) is 64.9 Å². The van der Waals surface area contributed by atoms with Crippen LogP contribution >= 0.6 is 0 Å². The molecule has 1 aliphatic heterocycles. The summed E-state index contributed by atoms with van der Waals surface area (Å²) in [6, 6.07) is 8.99. The van der Waals surface area contributed by atoms with Crippen LogP contribution in [0, 0.1) is 0 Å². The third kappa shape index (κ3) is 1.43. The fourth-order valence-electron chi connectivity index (χ4n) is 1.34. The lowest BCUT2D eigenvalue weighted by atomic mass is 10.3. The Bertz CT molecular complexity index is 439. The highest BCUT2D eigenvalue weighted by atomic mass is 16.4. The van der Waals surface area contributed by atoms with Gasteiger partial charge in [-0.15, -0.1) is 0 Å². The Hall–Kier alpha value is -2.30. The van der Waals surface area contributed by atoms with Crippen molar-refractivity contribution in [3.05, 3.63) is 42.6 Å². The maximum atomic E-state index is 11.7. The van der Waals surface area contributed by atoms with Crippen molar-refractivity contribution in [2.24, 2.45) is 5.16 Å². The smallest absolute Gasteiger partial charge is 0.301 e. The second-order valence-electron chi connectivity index (χ2n) is 3.02. The number of carbonyl (C=O) groups excluding carboxylic acids is 1. The molecule has 76 valence electrons. The van der Waals surface area contributed by atoms with Gasteiger partial charge in [-0.05, 0) is 12.1 Å². The molecule has 0 radical (unpaired) electrons.